The summed E-state index contributed by atoms with van der Waals surface area (Å²) < 4.78 is 6.13. The monoisotopic (exact) mass is 634 g/mol. The Morgan fingerprint density at radius 1 is 1.06 bits per heavy atom. The molecule has 1 heterocycles. The number of hydrogen-bond donors (Lipinski definition) is 0. The highest BCUT2D eigenvalue weighted by Gasteiger charge is 2.31. The summed E-state index contributed by atoms with van der Waals surface area (Å²) in [5.74, 6) is -0.264. The number of hydrogen-bond acceptors (Lipinski definition) is 4. The van der Waals surface area contributed by atoms with Crippen LogP contribution in [0.2, 0.25) is 5.02 Å². The minimum absolute atomic E-state index is 0.121. The predicted octanol–water partition coefficient (Wildman–Crippen LogP) is 7.91. The van der Waals surface area contributed by atoms with E-state index in [1.165, 1.54) is 16.7 Å². The lowest BCUT2D eigenvalue weighted by atomic mass is 9.71. The Kier molecular flexibility index (Phi) is 9.37. The van der Waals surface area contributed by atoms with Crippen molar-refractivity contribution in [2.24, 2.45) is 5.41 Å². The lowest BCUT2D eigenvalue weighted by Crippen LogP contribution is -2.47. The van der Waals surface area contributed by atoms with Gasteiger partial charge in [-0.2, -0.15) is 0 Å². The molecule has 0 N–H and O–H groups in total. The van der Waals surface area contributed by atoms with E-state index in [2.05, 4.69) is 66.8 Å². The zero-order chi connectivity index (χ0) is 25.7. The highest BCUT2D eigenvalue weighted by molar-refractivity contribution is 9.28. The van der Waals surface area contributed by atoms with Crippen LogP contribution in [0.15, 0.2) is 63.6 Å². The Labute approximate surface area is 236 Å². The summed E-state index contributed by atoms with van der Waals surface area (Å²) >= 11 is 13.3. The molecule has 0 radical (unpaired) electrons. The number of esters is 1. The number of carbonyl (C=O) groups is 1. The van der Waals surface area contributed by atoms with Crippen molar-refractivity contribution in [3.8, 4) is 0 Å². The maximum atomic E-state index is 12.0. The minimum atomic E-state index is -0.264. The average Bonchev–Trinajstić information content (AvgIpc) is 2.85. The molecule has 4 nitrogen and oxygen atoms in total. The van der Waals surface area contributed by atoms with E-state index in [0.717, 1.165) is 66.1 Å². The fraction of sp³-hybridized carbons (Fsp3) is 0.414. The summed E-state index contributed by atoms with van der Waals surface area (Å²) in [6.45, 7) is 9.49. The maximum absolute atomic E-state index is 12.0. The van der Waals surface area contributed by atoms with Crippen molar-refractivity contribution < 1.29 is 9.53 Å². The van der Waals surface area contributed by atoms with Crippen molar-refractivity contribution in [1.82, 2.24) is 4.90 Å². The number of allylic oxidation sites excluding steroid dienone is 2. The van der Waals surface area contributed by atoms with Crippen molar-refractivity contribution in [3.63, 3.8) is 0 Å². The molecular weight excluding hydrogens is 604 g/mol. The van der Waals surface area contributed by atoms with E-state index in [1.807, 2.05) is 43.3 Å². The van der Waals surface area contributed by atoms with Crippen LogP contribution in [0.3, 0.4) is 0 Å². The Morgan fingerprint density at radius 2 is 1.72 bits per heavy atom. The molecule has 1 atom stereocenters. The van der Waals surface area contributed by atoms with Gasteiger partial charge in [-0.1, -0.05) is 42.3 Å². The van der Waals surface area contributed by atoms with Crippen LogP contribution in [0.4, 0.5) is 5.69 Å². The van der Waals surface area contributed by atoms with Gasteiger partial charge < -0.3 is 9.64 Å². The van der Waals surface area contributed by atoms with E-state index < -0.39 is 0 Å². The molecule has 4 rings (SSSR count). The van der Waals surface area contributed by atoms with Crippen LogP contribution in [-0.4, -0.2) is 50.2 Å². The SMILES string of the molecule is CCOC(=O)c1ccc(N2CCN(CC3=C(c4ccc(Cl)cc4)CCC(C)(C=C(Br)Br)C3)CC2)cc1. The second-order valence-electron chi connectivity index (χ2n) is 9.88. The second kappa shape index (κ2) is 12.3. The smallest absolute Gasteiger partial charge is 0.338 e. The number of anilines is 1. The summed E-state index contributed by atoms with van der Waals surface area (Å²) in [7, 11) is 0. The average molecular weight is 637 g/mol. The molecule has 2 aromatic rings. The molecule has 2 aliphatic rings. The Hall–Kier alpha value is -1.60. The number of rotatable bonds is 7. The zero-order valence-corrected chi connectivity index (χ0v) is 24.8. The molecule has 0 aromatic heterocycles. The molecule has 0 bridgehead atoms. The van der Waals surface area contributed by atoms with Crippen molar-refractivity contribution >= 4 is 60.7 Å². The molecular formula is C29H33Br2ClN2O2. The molecule has 1 saturated heterocycles. The van der Waals surface area contributed by atoms with Crippen LogP contribution < -0.4 is 4.90 Å². The molecule has 36 heavy (non-hydrogen) atoms. The van der Waals surface area contributed by atoms with Gasteiger partial charge in [0.05, 0.1) is 15.6 Å². The van der Waals surface area contributed by atoms with Gasteiger partial charge in [0.15, 0.2) is 0 Å². The summed E-state index contributed by atoms with van der Waals surface area (Å²) in [5, 5.41) is 0.777. The number of carbonyl (C=O) groups excluding carboxylic acids is 1. The number of halogens is 3. The molecule has 0 amide bonds. The van der Waals surface area contributed by atoms with Gasteiger partial charge in [-0.05, 0) is 111 Å². The van der Waals surface area contributed by atoms with Gasteiger partial charge in [-0.25, -0.2) is 4.79 Å². The van der Waals surface area contributed by atoms with Crippen molar-refractivity contribution in [3.05, 3.63) is 79.7 Å². The third-order valence-electron chi connectivity index (χ3n) is 7.17. The van der Waals surface area contributed by atoms with Crippen LogP contribution >= 0.6 is 43.5 Å². The molecule has 192 valence electrons. The predicted molar refractivity (Wildman–Crippen MR) is 157 cm³/mol. The topological polar surface area (TPSA) is 32.8 Å². The fourth-order valence-electron chi connectivity index (χ4n) is 5.26. The van der Waals surface area contributed by atoms with E-state index in [4.69, 9.17) is 16.3 Å². The minimum Gasteiger partial charge on any atom is -0.462 e. The zero-order valence-electron chi connectivity index (χ0n) is 20.9. The number of benzene rings is 2. The van der Waals surface area contributed by atoms with Crippen molar-refractivity contribution in [1.29, 1.82) is 0 Å². The molecule has 2 aromatic carbocycles. The standard InChI is InChI=1S/C29H33Br2ClN2O2/c1-3-36-28(35)22-6-10-25(11-7-22)34-16-14-33(15-17-34)20-23-18-29(2,19-27(30)31)13-12-26(23)21-4-8-24(32)9-5-21/h4-11,19H,3,12-18,20H2,1-2H3. The molecule has 0 saturated carbocycles. The Bertz CT molecular complexity index is 1120. The summed E-state index contributed by atoms with van der Waals surface area (Å²) in [5.41, 5.74) is 6.16. The second-order valence-corrected chi connectivity index (χ2v) is 13.1. The normalized spacial score (nSPS) is 20.9. The van der Waals surface area contributed by atoms with Crippen LogP contribution in [-0.2, 0) is 4.74 Å². The maximum Gasteiger partial charge on any atom is 0.338 e. The lowest BCUT2D eigenvalue weighted by molar-refractivity contribution is 0.0526. The summed E-state index contributed by atoms with van der Waals surface area (Å²) in [4.78, 5) is 16.9. The largest absolute Gasteiger partial charge is 0.462 e. The van der Waals surface area contributed by atoms with E-state index in [1.54, 1.807) is 0 Å². The fourth-order valence-corrected chi connectivity index (χ4v) is 6.50. The van der Waals surface area contributed by atoms with Gasteiger partial charge in [-0.15, -0.1) is 0 Å². The van der Waals surface area contributed by atoms with Crippen LogP contribution in [0.25, 0.3) is 5.57 Å². The lowest BCUT2D eigenvalue weighted by Gasteiger charge is -2.40. The molecule has 1 fully saturated rings. The first kappa shape index (κ1) is 27.4. The molecule has 1 aliphatic heterocycles. The number of nitrogens with zero attached hydrogens (tertiary/aromatic N) is 2. The van der Waals surface area contributed by atoms with Gasteiger partial charge in [0, 0.05) is 43.4 Å². The molecule has 0 spiro atoms. The Balaban J connectivity index is 1.46. The van der Waals surface area contributed by atoms with Crippen LogP contribution in [0.5, 0.6) is 0 Å². The van der Waals surface area contributed by atoms with Gasteiger partial charge in [0.1, 0.15) is 0 Å². The van der Waals surface area contributed by atoms with Gasteiger partial charge in [0.2, 0.25) is 0 Å². The highest BCUT2D eigenvalue weighted by Crippen LogP contribution is 2.45. The van der Waals surface area contributed by atoms with E-state index in [0.29, 0.717) is 12.2 Å². The number of piperazine rings is 1. The number of ether oxygens (including phenoxy) is 1. The molecule has 1 aliphatic carbocycles. The van der Waals surface area contributed by atoms with E-state index in [9.17, 15) is 4.79 Å². The quantitative estimate of drug-likeness (QED) is 0.289. The summed E-state index contributed by atoms with van der Waals surface area (Å²) in [6, 6.07) is 16.1. The Morgan fingerprint density at radius 3 is 2.33 bits per heavy atom. The highest BCUT2D eigenvalue weighted by atomic mass is 79.9. The molecule has 7 heteroatoms. The summed E-state index contributed by atoms with van der Waals surface area (Å²) in [6.07, 6.45) is 5.53. The first-order chi connectivity index (χ1) is 17.3. The third kappa shape index (κ3) is 7.03. The third-order valence-corrected chi connectivity index (χ3v) is 7.88. The van der Waals surface area contributed by atoms with Gasteiger partial charge in [0.25, 0.3) is 0 Å². The van der Waals surface area contributed by atoms with Crippen molar-refractivity contribution in [2.75, 3.05) is 44.2 Å². The molecule has 1 unspecified atom stereocenters. The first-order valence-electron chi connectivity index (χ1n) is 12.5. The first-order valence-corrected chi connectivity index (χ1v) is 14.5. The van der Waals surface area contributed by atoms with Gasteiger partial charge >= 0.3 is 5.97 Å². The van der Waals surface area contributed by atoms with E-state index >= 15 is 0 Å². The van der Waals surface area contributed by atoms with Crippen LogP contribution in [0, 0.1) is 5.41 Å². The van der Waals surface area contributed by atoms with Crippen LogP contribution in [0.1, 0.15) is 49.0 Å². The van der Waals surface area contributed by atoms with E-state index in [-0.39, 0.29) is 11.4 Å². The van der Waals surface area contributed by atoms with Crippen molar-refractivity contribution in [2.45, 2.75) is 33.1 Å². The van der Waals surface area contributed by atoms with Gasteiger partial charge in [-0.3, -0.25) is 4.90 Å².